The second kappa shape index (κ2) is 5.86. The molecule has 0 aromatic heterocycles. The normalized spacial score (nSPS) is 36.3. The van der Waals surface area contributed by atoms with Gasteiger partial charge in [0.1, 0.15) is 26.6 Å². The van der Waals surface area contributed by atoms with E-state index in [0.29, 0.717) is 6.54 Å². The molecule has 0 aliphatic carbocycles. The van der Waals surface area contributed by atoms with Gasteiger partial charge in [-0.15, -0.1) is 0 Å². The Hall–Kier alpha value is -0.0600. The minimum atomic E-state index is 0. The van der Waals surface area contributed by atoms with Crippen LogP contribution in [0.15, 0.2) is 24.3 Å². The zero-order valence-corrected chi connectivity index (χ0v) is 15.5. The Morgan fingerprint density at radius 2 is 1.48 bits per heavy atom. The molecule has 4 aliphatic rings. The number of rotatable bonds is 3. The van der Waals surface area contributed by atoms with Crippen LogP contribution < -0.4 is 17.0 Å². The summed E-state index contributed by atoms with van der Waals surface area (Å²) in [5, 5.41) is 0. The van der Waals surface area contributed by atoms with Crippen molar-refractivity contribution in [3.8, 4) is 0 Å². The van der Waals surface area contributed by atoms with E-state index in [1.54, 1.807) is 0 Å². The maximum atomic E-state index is 12.6. The van der Waals surface area contributed by atoms with Gasteiger partial charge in [-0.3, -0.25) is 9.28 Å². The minimum Gasteiger partial charge on any atom is -1.00 e. The number of benzene rings is 1. The van der Waals surface area contributed by atoms with Gasteiger partial charge in [-0.05, 0) is 34.7 Å². The van der Waals surface area contributed by atoms with Crippen LogP contribution in [0.2, 0.25) is 0 Å². The summed E-state index contributed by atoms with van der Waals surface area (Å²) in [7, 11) is 0. The molecular formula is C14H18BrIN4O. The summed E-state index contributed by atoms with van der Waals surface area (Å²) in [6, 6.07) is 7.93. The van der Waals surface area contributed by atoms with Gasteiger partial charge < -0.3 is 17.0 Å². The van der Waals surface area contributed by atoms with Crippen molar-refractivity contribution in [3.63, 3.8) is 0 Å². The highest BCUT2D eigenvalue weighted by molar-refractivity contribution is 14.1. The molecule has 114 valence electrons. The third kappa shape index (κ3) is 3.04. The van der Waals surface area contributed by atoms with Crippen LogP contribution in [0, 0.1) is 3.57 Å². The molecule has 0 spiro atoms. The summed E-state index contributed by atoms with van der Waals surface area (Å²) in [5.74, 6) is 0.270. The smallest absolute Gasteiger partial charge is 0.217 e. The summed E-state index contributed by atoms with van der Waals surface area (Å²) >= 11 is 2.27. The average Bonchev–Trinajstić information content (AvgIpc) is 2.37. The largest absolute Gasteiger partial charge is 1.00 e. The van der Waals surface area contributed by atoms with Crippen LogP contribution in [0.25, 0.3) is 0 Å². The number of halogens is 2. The summed E-state index contributed by atoms with van der Waals surface area (Å²) < 4.78 is 2.05. The van der Waals surface area contributed by atoms with E-state index in [1.807, 2.05) is 24.3 Å². The molecule has 21 heavy (non-hydrogen) atoms. The predicted octanol–water partition coefficient (Wildman–Crippen LogP) is -2.01. The average molecular weight is 465 g/mol. The van der Waals surface area contributed by atoms with Gasteiger partial charge in [-0.2, -0.15) is 0 Å². The second-order valence-electron chi connectivity index (χ2n) is 6.29. The summed E-state index contributed by atoms with van der Waals surface area (Å²) in [4.78, 5) is 19.9. The van der Waals surface area contributed by atoms with Crippen LogP contribution in [-0.4, -0.2) is 71.5 Å². The Balaban J connectivity index is 0.00000132. The Morgan fingerprint density at radius 3 is 1.95 bits per heavy atom. The fourth-order valence-corrected chi connectivity index (χ4v) is 4.20. The molecule has 5 nitrogen and oxygen atoms in total. The number of Topliss-reactive ketones (excluding diaryl/α,β-unsaturated/α-hetero) is 1. The highest BCUT2D eigenvalue weighted by atomic mass is 127. The molecule has 7 heteroatoms. The number of ketones is 1. The number of carbonyl (C=O) groups is 1. The molecule has 0 saturated carbocycles. The van der Waals surface area contributed by atoms with Gasteiger partial charge in [0.25, 0.3) is 0 Å². The van der Waals surface area contributed by atoms with E-state index in [-0.39, 0.29) is 22.8 Å². The first kappa shape index (κ1) is 15.8. The molecule has 0 unspecified atom stereocenters. The quantitative estimate of drug-likeness (QED) is 0.293. The van der Waals surface area contributed by atoms with E-state index in [4.69, 9.17) is 0 Å². The monoisotopic (exact) mass is 464 g/mol. The summed E-state index contributed by atoms with van der Waals surface area (Å²) in [5.41, 5.74) is 0.847. The van der Waals surface area contributed by atoms with Crippen LogP contribution in [-0.2, 0) is 0 Å². The van der Waals surface area contributed by atoms with Crippen molar-refractivity contribution < 1.29 is 26.3 Å². The zero-order chi connectivity index (χ0) is 13.7. The number of quaternary nitrogens is 1. The lowest BCUT2D eigenvalue weighted by Crippen LogP contribution is -3.00. The Labute approximate surface area is 149 Å². The van der Waals surface area contributed by atoms with Gasteiger partial charge in [0.2, 0.25) is 5.78 Å². The molecule has 0 amide bonds. The van der Waals surface area contributed by atoms with E-state index in [0.717, 1.165) is 50.1 Å². The molecule has 4 heterocycles. The van der Waals surface area contributed by atoms with Gasteiger partial charge in [0.05, 0.1) is 20.0 Å². The molecule has 4 aliphatic heterocycles. The van der Waals surface area contributed by atoms with Crippen molar-refractivity contribution >= 4 is 28.4 Å². The highest BCUT2D eigenvalue weighted by Gasteiger charge is 2.49. The SMILES string of the molecule is O=C(C[N+]12CN3CN(CN(C3)C1)C2)c1ccc(I)cc1.[Br-]. The van der Waals surface area contributed by atoms with E-state index < -0.39 is 0 Å². The zero-order valence-electron chi connectivity index (χ0n) is 11.7. The molecule has 0 atom stereocenters. The van der Waals surface area contributed by atoms with E-state index >= 15 is 0 Å². The van der Waals surface area contributed by atoms with Crippen LogP contribution >= 0.6 is 22.6 Å². The summed E-state index contributed by atoms with van der Waals surface area (Å²) in [6.07, 6.45) is 0. The molecular weight excluding hydrogens is 447 g/mol. The molecule has 1 aromatic rings. The minimum absolute atomic E-state index is 0. The van der Waals surface area contributed by atoms with E-state index in [9.17, 15) is 4.79 Å². The Morgan fingerprint density at radius 1 is 1.00 bits per heavy atom. The molecule has 4 saturated heterocycles. The molecule has 1 aromatic carbocycles. The first-order chi connectivity index (χ1) is 9.62. The molecule has 0 radical (unpaired) electrons. The van der Waals surface area contributed by atoms with Crippen molar-refractivity contribution in [3.05, 3.63) is 33.4 Å². The van der Waals surface area contributed by atoms with Gasteiger partial charge in [0.15, 0.2) is 0 Å². The van der Waals surface area contributed by atoms with Gasteiger partial charge >= 0.3 is 0 Å². The van der Waals surface area contributed by atoms with E-state index in [1.165, 1.54) is 3.57 Å². The lowest BCUT2D eigenvalue weighted by molar-refractivity contribution is -0.973. The number of carbonyl (C=O) groups excluding carboxylic acids is 1. The Kier molecular flexibility index (Phi) is 4.41. The van der Waals surface area contributed by atoms with Crippen molar-refractivity contribution in [1.29, 1.82) is 0 Å². The lowest BCUT2D eigenvalue weighted by Gasteiger charge is -2.60. The molecule has 0 N–H and O–H groups in total. The predicted molar refractivity (Wildman–Crippen MR) is 83.3 cm³/mol. The Bertz CT molecular complexity index is 515. The maximum absolute atomic E-state index is 12.6. The second-order valence-corrected chi connectivity index (χ2v) is 7.54. The first-order valence-electron chi connectivity index (χ1n) is 6.93. The van der Waals surface area contributed by atoms with Crippen molar-refractivity contribution in [2.45, 2.75) is 0 Å². The van der Waals surface area contributed by atoms with Gasteiger partial charge in [0, 0.05) is 9.13 Å². The standard InChI is InChI=1S/C14H18IN4O.BrH/c15-13-3-1-12(2-4-13)14(20)5-19-9-16-6-17(10-19)8-18(7-16)11-19;/h1-4H,5-11H2;1H/q+1;/p-1. The third-order valence-electron chi connectivity index (χ3n) is 4.35. The highest BCUT2D eigenvalue weighted by Crippen LogP contribution is 2.28. The first-order valence-corrected chi connectivity index (χ1v) is 8.01. The van der Waals surface area contributed by atoms with Crippen molar-refractivity contribution in [2.24, 2.45) is 0 Å². The molecule has 4 fully saturated rings. The molecule has 5 rings (SSSR count). The number of nitrogens with zero attached hydrogens (tertiary/aromatic N) is 4. The van der Waals surface area contributed by atoms with Gasteiger partial charge in [-0.25, -0.2) is 14.7 Å². The van der Waals surface area contributed by atoms with Crippen molar-refractivity contribution in [1.82, 2.24) is 14.7 Å². The lowest BCUT2D eigenvalue weighted by atomic mass is 10.1. The van der Waals surface area contributed by atoms with Crippen LogP contribution in [0.4, 0.5) is 0 Å². The number of hydrogen-bond acceptors (Lipinski definition) is 4. The van der Waals surface area contributed by atoms with E-state index in [2.05, 4.69) is 37.3 Å². The van der Waals surface area contributed by atoms with Crippen LogP contribution in [0.1, 0.15) is 10.4 Å². The third-order valence-corrected chi connectivity index (χ3v) is 5.06. The summed E-state index contributed by atoms with van der Waals surface area (Å²) in [6.45, 7) is 6.86. The fraction of sp³-hybridized carbons (Fsp3) is 0.500. The van der Waals surface area contributed by atoms with Gasteiger partial charge in [-0.1, -0.05) is 12.1 Å². The van der Waals surface area contributed by atoms with Crippen LogP contribution in [0.5, 0.6) is 0 Å². The topological polar surface area (TPSA) is 26.8 Å². The fourth-order valence-electron chi connectivity index (χ4n) is 3.84. The van der Waals surface area contributed by atoms with Crippen LogP contribution in [0.3, 0.4) is 0 Å². The van der Waals surface area contributed by atoms with Crippen molar-refractivity contribution in [2.75, 3.05) is 46.6 Å². The molecule has 4 bridgehead atoms. The number of hydrogen-bond donors (Lipinski definition) is 0. The maximum Gasteiger partial charge on any atom is 0.217 e.